The molecule has 0 radical (unpaired) electrons. The van der Waals surface area contributed by atoms with Gasteiger partial charge in [0, 0.05) is 12.0 Å². The van der Waals surface area contributed by atoms with Gasteiger partial charge in [0.05, 0.1) is 0 Å². The van der Waals surface area contributed by atoms with Gasteiger partial charge in [-0.2, -0.15) is 0 Å². The second-order valence-corrected chi connectivity index (χ2v) is 4.16. The Bertz CT molecular complexity index is 620. The smallest absolute Gasteiger partial charge is 0.303 e. The van der Waals surface area contributed by atoms with Crippen molar-refractivity contribution in [2.45, 2.75) is 12.8 Å². The number of carboxylic acid groups (broad SMARTS) is 1. The van der Waals surface area contributed by atoms with Gasteiger partial charge in [0.25, 0.3) is 0 Å². The fraction of sp³-hybridized carbons (Fsp3) is 0.143. The zero-order valence-corrected chi connectivity index (χ0v) is 9.81. The van der Waals surface area contributed by atoms with Crippen molar-refractivity contribution in [1.82, 2.24) is 0 Å². The van der Waals surface area contributed by atoms with Crippen LogP contribution in [-0.4, -0.2) is 16.9 Å². The zero-order valence-electron chi connectivity index (χ0n) is 9.81. The second-order valence-electron chi connectivity index (χ2n) is 4.16. The largest absolute Gasteiger partial charge is 0.481 e. The summed E-state index contributed by atoms with van der Waals surface area (Å²) >= 11 is 0. The summed E-state index contributed by atoms with van der Waals surface area (Å²) in [5.74, 6) is -0.764. The summed E-state index contributed by atoms with van der Waals surface area (Å²) in [4.78, 5) is 10.6. The second kappa shape index (κ2) is 4.87. The number of hydrogen-bond acceptors (Lipinski definition) is 2. The van der Waals surface area contributed by atoms with Gasteiger partial charge in [-0.1, -0.05) is 30.3 Å². The first-order chi connectivity index (χ1) is 8.58. The van der Waals surface area contributed by atoms with Crippen LogP contribution in [0.2, 0.25) is 0 Å². The van der Waals surface area contributed by atoms with E-state index in [1.54, 1.807) is 6.07 Å². The Labute approximate surface area is 105 Å². The van der Waals surface area contributed by atoms with E-state index >= 15 is 0 Å². The topological polar surface area (TPSA) is 87.2 Å². The van der Waals surface area contributed by atoms with Crippen LogP contribution in [0.5, 0.6) is 0 Å². The molecule has 0 aliphatic rings. The Balaban J connectivity index is 2.43. The molecule has 0 aliphatic heterocycles. The Morgan fingerprint density at radius 2 is 2.06 bits per heavy atom. The summed E-state index contributed by atoms with van der Waals surface area (Å²) in [6.07, 6.45) is 0.625. The summed E-state index contributed by atoms with van der Waals surface area (Å²) in [6.45, 7) is 0. The normalized spacial score (nSPS) is 10.4. The molecular weight excluding hydrogens is 228 g/mol. The van der Waals surface area contributed by atoms with Crippen molar-refractivity contribution in [1.29, 1.82) is 5.41 Å². The van der Waals surface area contributed by atoms with Crippen molar-refractivity contribution in [2.75, 3.05) is 0 Å². The molecule has 2 aromatic carbocycles. The molecule has 0 bridgehead atoms. The van der Waals surface area contributed by atoms with Crippen molar-refractivity contribution in [3.05, 3.63) is 47.5 Å². The van der Waals surface area contributed by atoms with Gasteiger partial charge in [0.1, 0.15) is 5.84 Å². The molecule has 2 aromatic rings. The quantitative estimate of drug-likeness (QED) is 0.567. The highest BCUT2D eigenvalue weighted by atomic mass is 16.4. The first-order valence-electron chi connectivity index (χ1n) is 5.66. The van der Waals surface area contributed by atoms with E-state index in [0.29, 0.717) is 12.0 Å². The Morgan fingerprint density at radius 1 is 1.28 bits per heavy atom. The average molecular weight is 242 g/mol. The average Bonchev–Trinajstić information content (AvgIpc) is 2.35. The van der Waals surface area contributed by atoms with Crippen LogP contribution in [-0.2, 0) is 11.2 Å². The van der Waals surface area contributed by atoms with E-state index in [1.165, 1.54) is 0 Å². The predicted octanol–water partition coefficient (Wildman–Crippen LogP) is 2.14. The highest BCUT2D eigenvalue weighted by molar-refractivity contribution is 5.99. The highest BCUT2D eigenvalue weighted by Gasteiger charge is 2.05. The number of nitrogens with two attached hydrogens (primary N) is 1. The van der Waals surface area contributed by atoms with Crippen molar-refractivity contribution in [3.8, 4) is 0 Å². The maximum absolute atomic E-state index is 10.6. The van der Waals surface area contributed by atoms with Crippen LogP contribution in [0, 0.1) is 5.41 Å². The predicted molar refractivity (Wildman–Crippen MR) is 70.9 cm³/mol. The van der Waals surface area contributed by atoms with Crippen LogP contribution in [0.4, 0.5) is 0 Å². The Morgan fingerprint density at radius 3 is 2.72 bits per heavy atom. The summed E-state index contributed by atoms with van der Waals surface area (Å²) in [7, 11) is 0. The summed E-state index contributed by atoms with van der Waals surface area (Å²) in [5.41, 5.74) is 7.13. The molecule has 0 spiro atoms. The van der Waals surface area contributed by atoms with E-state index in [-0.39, 0.29) is 12.3 Å². The van der Waals surface area contributed by atoms with Crippen molar-refractivity contribution < 1.29 is 9.90 Å². The zero-order chi connectivity index (χ0) is 13.1. The number of fused-ring (bicyclic) bond motifs is 1. The van der Waals surface area contributed by atoms with E-state index in [4.69, 9.17) is 16.2 Å². The molecule has 0 saturated heterocycles. The SMILES string of the molecule is N=C(N)c1ccc2c(CCC(=O)O)cccc2c1. The lowest BCUT2D eigenvalue weighted by Gasteiger charge is -2.07. The van der Waals surface area contributed by atoms with Crippen LogP contribution >= 0.6 is 0 Å². The van der Waals surface area contributed by atoms with Crippen LogP contribution in [0.25, 0.3) is 10.8 Å². The number of rotatable bonds is 4. The van der Waals surface area contributed by atoms with E-state index in [0.717, 1.165) is 16.3 Å². The van der Waals surface area contributed by atoms with Crippen LogP contribution in [0.3, 0.4) is 0 Å². The molecule has 4 N–H and O–H groups in total. The van der Waals surface area contributed by atoms with Gasteiger partial charge in [-0.15, -0.1) is 0 Å². The number of carbonyl (C=O) groups is 1. The molecule has 2 rings (SSSR count). The van der Waals surface area contributed by atoms with Gasteiger partial charge in [-0.3, -0.25) is 10.2 Å². The number of aliphatic carboxylic acids is 1. The maximum atomic E-state index is 10.6. The van der Waals surface area contributed by atoms with Crippen molar-refractivity contribution in [3.63, 3.8) is 0 Å². The highest BCUT2D eigenvalue weighted by Crippen LogP contribution is 2.21. The Kier molecular flexibility index (Phi) is 3.28. The lowest BCUT2D eigenvalue weighted by atomic mass is 9.99. The standard InChI is InChI=1S/C14H14N2O2/c15-14(16)11-4-6-12-9(5-7-13(17)18)2-1-3-10(12)8-11/h1-4,6,8H,5,7H2,(H3,15,16)(H,17,18). The first kappa shape index (κ1) is 12.1. The molecule has 0 amide bonds. The molecule has 18 heavy (non-hydrogen) atoms. The van der Waals surface area contributed by atoms with E-state index in [1.807, 2.05) is 30.3 Å². The minimum atomic E-state index is -0.799. The fourth-order valence-electron chi connectivity index (χ4n) is 1.98. The third-order valence-corrected chi connectivity index (χ3v) is 2.89. The molecule has 0 fully saturated rings. The number of benzene rings is 2. The minimum absolute atomic E-state index is 0.0350. The van der Waals surface area contributed by atoms with E-state index in [2.05, 4.69) is 0 Å². The number of nitrogens with one attached hydrogen (secondary N) is 1. The number of hydrogen-bond donors (Lipinski definition) is 3. The van der Waals surface area contributed by atoms with Gasteiger partial charge < -0.3 is 10.8 Å². The number of nitrogen functional groups attached to an aromatic ring is 1. The monoisotopic (exact) mass is 242 g/mol. The van der Waals surface area contributed by atoms with Crippen LogP contribution < -0.4 is 5.73 Å². The molecule has 0 atom stereocenters. The fourth-order valence-corrected chi connectivity index (χ4v) is 1.98. The van der Waals surface area contributed by atoms with E-state index < -0.39 is 5.97 Å². The molecule has 0 aromatic heterocycles. The van der Waals surface area contributed by atoms with Crippen molar-refractivity contribution >= 4 is 22.6 Å². The van der Waals surface area contributed by atoms with Gasteiger partial charge >= 0.3 is 5.97 Å². The first-order valence-corrected chi connectivity index (χ1v) is 5.66. The molecule has 0 saturated carbocycles. The molecule has 0 heterocycles. The molecule has 0 unspecified atom stereocenters. The Hall–Kier alpha value is -2.36. The van der Waals surface area contributed by atoms with Gasteiger partial charge in [-0.05, 0) is 28.8 Å². The molecule has 4 nitrogen and oxygen atoms in total. The van der Waals surface area contributed by atoms with Gasteiger partial charge in [-0.25, -0.2) is 0 Å². The maximum Gasteiger partial charge on any atom is 0.303 e. The van der Waals surface area contributed by atoms with Crippen molar-refractivity contribution in [2.24, 2.45) is 5.73 Å². The molecule has 0 aliphatic carbocycles. The third-order valence-electron chi connectivity index (χ3n) is 2.89. The summed E-state index contributed by atoms with van der Waals surface area (Å²) < 4.78 is 0. The van der Waals surface area contributed by atoms with Crippen LogP contribution in [0.1, 0.15) is 17.5 Å². The lowest BCUT2D eigenvalue weighted by Crippen LogP contribution is -2.10. The summed E-state index contributed by atoms with van der Waals surface area (Å²) in [6, 6.07) is 11.3. The number of amidine groups is 1. The third kappa shape index (κ3) is 2.48. The number of carboxylic acids is 1. The molecule has 92 valence electrons. The number of aryl methyl sites for hydroxylation is 1. The molecular formula is C14H14N2O2. The summed E-state index contributed by atoms with van der Waals surface area (Å²) in [5, 5.41) is 18.1. The van der Waals surface area contributed by atoms with Crippen LogP contribution in [0.15, 0.2) is 36.4 Å². The van der Waals surface area contributed by atoms with Gasteiger partial charge in [0.2, 0.25) is 0 Å². The lowest BCUT2D eigenvalue weighted by molar-refractivity contribution is -0.136. The van der Waals surface area contributed by atoms with E-state index in [9.17, 15) is 4.79 Å². The minimum Gasteiger partial charge on any atom is -0.481 e. The molecule has 4 heteroatoms. The van der Waals surface area contributed by atoms with Gasteiger partial charge in [0.15, 0.2) is 0 Å².